The molecule has 0 fully saturated rings. The molecule has 2 N–H and O–H groups in total. The summed E-state index contributed by atoms with van der Waals surface area (Å²) < 4.78 is 15.8. The number of esters is 1. The number of carbonyl (C=O) groups excluding carboxylic acids is 1. The average molecular weight is 281 g/mol. The Kier molecular flexibility index (Phi) is 6.31. The smallest absolute Gasteiger partial charge is 0.325 e. The van der Waals surface area contributed by atoms with Gasteiger partial charge in [-0.15, -0.1) is 0 Å². The lowest BCUT2D eigenvalue weighted by Gasteiger charge is -2.22. The van der Waals surface area contributed by atoms with Gasteiger partial charge in [-0.1, -0.05) is 0 Å². The molecule has 0 aliphatic heterocycles. The molecule has 112 valence electrons. The first-order chi connectivity index (χ1) is 9.49. The van der Waals surface area contributed by atoms with Crippen LogP contribution in [0.1, 0.15) is 27.2 Å². The first kappa shape index (κ1) is 16.3. The molecule has 0 saturated heterocycles. The van der Waals surface area contributed by atoms with Crippen molar-refractivity contribution in [3.63, 3.8) is 0 Å². The van der Waals surface area contributed by atoms with E-state index in [1.165, 1.54) is 0 Å². The summed E-state index contributed by atoms with van der Waals surface area (Å²) in [5, 5.41) is 0. The van der Waals surface area contributed by atoms with Crippen LogP contribution in [-0.4, -0.2) is 31.3 Å². The van der Waals surface area contributed by atoms with E-state index in [0.717, 1.165) is 5.75 Å². The van der Waals surface area contributed by atoms with Crippen molar-refractivity contribution in [2.24, 2.45) is 5.73 Å². The average Bonchev–Trinajstić information content (AvgIpc) is 2.41. The van der Waals surface area contributed by atoms with Gasteiger partial charge in [-0.2, -0.15) is 0 Å². The second kappa shape index (κ2) is 7.75. The van der Waals surface area contributed by atoms with Crippen LogP contribution < -0.4 is 15.2 Å². The highest BCUT2D eigenvalue weighted by Crippen LogP contribution is 2.18. The highest BCUT2D eigenvalue weighted by molar-refractivity contribution is 5.79. The molecule has 0 heterocycles. The van der Waals surface area contributed by atoms with Crippen molar-refractivity contribution < 1.29 is 19.0 Å². The number of hydrogen-bond acceptors (Lipinski definition) is 5. The summed E-state index contributed by atoms with van der Waals surface area (Å²) in [6.45, 7) is 6.63. The fraction of sp³-hybridized carbons (Fsp3) is 0.533. The first-order valence-corrected chi connectivity index (χ1v) is 6.81. The van der Waals surface area contributed by atoms with Crippen LogP contribution >= 0.6 is 0 Å². The van der Waals surface area contributed by atoms with Crippen molar-refractivity contribution in [1.29, 1.82) is 0 Å². The van der Waals surface area contributed by atoms with Gasteiger partial charge in [-0.3, -0.25) is 4.79 Å². The van der Waals surface area contributed by atoms with Crippen LogP contribution in [0.15, 0.2) is 24.3 Å². The van der Waals surface area contributed by atoms with Crippen LogP contribution in [0.2, 0.25) is 0 Å². The zero-order chi connectivity index (χ0) is 15.0. The summed E-state index contributed by atoms with van der Waals surface area (Å²) in [5.74, 6) is 1.11. The normalized spacial score (nSPS) is 13.4. The maximum Gasteiger partial charge on any atom is 0.325 e. The Labute approximate surface area is 120 Å². The van der Waals surface area contributed by atoms with E-state index in [2.05, 4.69) is 0 Å². The molecule has 0 aromatic heterocycles. The summed E-state index contributed by atoms with van der Waals surface area (Å²) in [6, 6.07) is 7.32. The Morgan fingerprint density at radius 3 is 2.15 bits per heavy atom. The van der Waals surface area contributed by atoms with E-state index >= 15 is 0 Å². The van der Waals surface area contributed by atoms with E-state index in [-0.39, 0.29) is 0 Å². The van der Waals surface area contributed by atoms with E-state index in [1.54, 1.807) is 13.8 Å². The van der Waals surface area contributed by atoms with E-state index in [0.29, 0.717) is 32.0 Å². The highest BCUT2D eigenvalue weighted by Gasteiger charge is 2.29. The second-order valence-electron chi connectivity index (χ2n) is 4.64. The zero-order valence-corrected chi connectivity index (χ0v) is 12.3. The molecule has 1 atom stereocenters. The number of nitrogens with two attached hydrogens (primary N) is 1. The molecule has 0 saturated carbocycles. The Hall–Kier alpha value is -1.75. The minimum absolute atomic E-state index is 0.325. The van der Waals surface area contributed by atoms with Gasteiger partial charge in [0.15, 0.2) is 0 Å². The van der Waals surface area contributed by atoms with Gasteiger partial charge in [0.05, 0.1) is 19.8 Å². The summed E-state index contributed by atoms with van der Waals surface area (Å²) in [7, 11) is 0. The molecule has 1 rings (SSSR count). The van der Waals surface area contributed by atoms with Gasteiger partial charge in [0, 0.05) is 6.42 Å². The summed E-state index contributed by atoms with van der Waals surface area (Å²) >= 11 is 0. The van der Waals surface area contributed by atoms with Crippen LogP contribution in [0, 0.1) is 0 Å². The summed E-state index contributed by atoms with van der Waals surface area (Å²) in [4.78, 5) is 11.6. The molecule has 0 aliphatic rings. The van der Waals surface area contributed by atoms with Crippen molar-refractivity contribution >= 4 is 5.97 Å². The molecule has 5 nitrogen and oxygen atoms in total. The van der Waals surface area contributed by atoms with Crippen molar-refractivity contribution in [2.45, 2.75) is 32.7 Å². The standard InChI is InChI=1S/C15H23NO4/c1-4-18-12-6-8-13(9-7-12)20-11-10-15(3,16)14(17)19-5-2/h6-9H,4-5,10-11,16H2,1-3H3. The van der Waals surface area contributed by atoms with Crippen LogP contribution in [-0.2, 0) is 9.53 Å². The first-order valence-electron chi connectivity index (χ1n) is 6.81. The largest absolute Gasteiger partial charge is 0.494 e. The lowest BCUT2D eigenvalue weighted by Crippen LogP contribution is -2.47. The number of benzene rings is 1. The van der Waals surface area contributed by atoms with Crippen molar-refractivity contribution in [3.05, 3.63) is 24.3 Å². The van der Waals surface area contributed by atoms with Gasteiger partial charge in [0.2, 0.25) is 0 Å². The lowest BCUT2D eigenvalue weighted by atomic mass is 10.0. The molecule has 20 heavy (non-hydrogen) atoms. The Morgan fingerprint density at radius 1 is 1.10 bits per heavy atom. The quantitative estimate of drug-likeness (QED) is 0.739. The molecular formula is C15H23NO4. The minimum atomic E-state index is -1.03. The molecule has 0 bridgehead atoms. The predicted octanol–water partition coefficient (Wildman–Crippen LogP) is 2.13. The van der Waals surface area contributed by atoms with Gasteiger partial charge >= 0.3 is 5.97 Å². The maximum atomic E-state index is 11.6. The van der Waals surface area contributed by atoms with E-state index in [9.17, 15) is 4.79 Å². The maximum absolute atomic E-state index is 11.6. The van der Waals surface area contributed by atoms with Gasteiger partial charge in [0.25, 0.3) is 0 Å². The van der Waals surface area contributed by atoms with Crippen LogP contribution in [0.4, 0.5) is 0 Å². The van der Waals surface area contributed by atoms with Crippen molar-refractivity contribution in [2.75, 3.05) is 19.8 Å². The number of carbonyl (C=O) groups is 1. The van der Waals surface area contributed by atoms with Crippen LogP contribution in [0.25, 0.3) is 0 Å². The lowest BCUT2D eigenvalue weighted by molar-refractivity contribution is -0.149. The van der Waals surface area contributed by atoms with Crippen molar-refractivity contribution in [1.82, 2.24) is 0 Å². The minimum Gasteiger partial charge on any atom is -0.494 e. The van der Waals surface area contributed by atoms with Crippen LogP contribution in [0.3, 0.4) is 0 Å². The number of hydrogen-bond donors (Lipinski definition) is 1. The van der Waals surface area contributed by atoms with Gasteiger partial charge in [-0.05, 0) is 45.0 Å². The molecule has 1 aromatic rings. The van der Waals surface area contributed by atoms with Gasteiger partial charge in [-0.25, -0.2) is 0 Å². The Morgan fingerprint density at radius 2 is 1.65 bits per heavy atom. The zero-order valence-electron chi connectivity index (χ0n) is 12.3. The van der Waals surface area contributed by atoms with E-state index < -0.39 is 11.5 Å². The topological polar surface area (TPSA) is 70.8 Å². The van der Waals surface area contributed by atoms with E-state index in [4.69, 9.17) is 19.9 Å². The van der Waals surface area contributed by atoms with Crippen LogP contribution in [0.5, 0.6) is 11.5 Å². The molecule has 0 amide bonds. The van der Waals surface area contributed by atoms with Gasteiger partial charge in [0.1, 0.15) is 17.0 Å². The monoisotopic (exact) mass is 281 g/mol. The van der Waals surface area contributed by atoms with E-state index in [1.807, 2.05) is 31.2 Å². The fourth-order valence-electron chi connectivity index (χ4n) is 1.58. The molecule has 5 heteroatoms. The molecular weight excluding hydrogens is 258 g/mol. The Balaban J connectivity index is 2.41. The SMILES string of the molecule is CCOC(=O)C(C)(N)CCOc1ccc(OCC)cc1. The molecule has 0 spiro atoms. The third-order valence-corrected chi connectivity index (χ3v) is 2.77. The molecule has 1 aromatic carbocycles. The molecule has 0 radical (unpaired) electrons. The molecule has 1 unspecified atom stereocenters. The number of rotatable bonds is 8. The second-order valence-corrected chi connectivity index (χ2v) is 4.64. The third kappa shape index (κ3) is 5.09. The van der Waals surface area contributed by atoms with Crippen molar-refractivity contribution in [3.8, 4) is 11.5 Å². The number of ether oxygens (including phenoxy) is 3. The Bertz CT molecular complexity index is 414. The van der Waals surface area contributed by atoms with Gasteiger partial charge < -0.3 is 19.9 Å². The molecule has 0 aliphatic carbocycles. The summed E-state index contributed by atoms with van der Waals surface area (Å²) in [6.07, 6.45) is 0.388. The predicted molar refractivity (Wildman–Crippen MR) is 76.9 cm³/mol. The highest BCUT2D eigenvalue weighted by atomic mass is 16.5. The summed E-state index contributed by atoms with van der Waals surface area (Å²) in [5.41, 5.74) is 4.87. The fourth-order valence-corrected chi connectivity index (χ4v) is 1.58. The third-order valence-electron chi connectivity index (χ3n) is 2.77.